The number of nitrogens with zero attached hydrogens (tertiary/aromatic N) is 1. The maximum Gasteiger partial charge on any atom is 0.0634 e. The van der Waals surface area contributed by atoms with Gasteiger partial charge in [0.25, 0.3) is 0 Å². The summed E-state index contributed by atoms with van der Waals surface area (Å²) in [6.45, 7) is 25.5. The van der Waals surface area contributed by atoms with Gasteiger partial charge in [-0.15, -0.1) is 0 Å². The number of aryl methyl sites for hydroxylation is 1. The summed E-state index contributed by atoms with van der Waals surface area (Å²) in [5.74, 6) is 0.534. The first-order valence-electron chi connectivity index (χ1n) is 15.9. The molecular formula is C38H57N3. The fourth-order valence-electron chi connectivity index (χ4n) is 4.67. The average Bonchev–Trinajstić information content (AvgIpc) is 3.01. The van der Waals surface area contributed by atoms with Crippen LogP contribution < -0.4 is 10.6 Å². The minimum atomic E-state index is 0.534. The number of hydrogen-bond acceptors (Lipinski definition) is 3. The van der Waals surface area contributed by atoms with Gasteiger partial charge in [-0.25, -0.2) is 0 Å². The second-order valence-electron chi connectivity index (χ2n) is 10.2. The number of anilines is 2. The number of allylic oxidation sites excluding steroid dienone is 4. The number of aliphatic imine (C=N–C) groups is 1. The lowest BCUT2D eigenvalue weighted by atomic mass is 9.93. The highest BCUT2D eigenvalue weighted by Gasteiger charge is 2.13. The fourth-order valence-corrected chi connectivity index (χ4v) is 4.67. The highest BCUT2D eigenvalue weighted by molar-refractivity contribution is 6.02. The number of nitrogens with one attached hydrogen (secondary N) is 2. The van der Waals surface area contributed by atoms with Gasteiger partial charge in [0.05, 0.1) is 11.4 Å². The van der Waals surface area contributed by atoms with E-state index in [1.54, 1.807) is 0 Å². The molecule has 3 heteroatoms. The molecule has 0 radical (unpaired) electrons. The molecule has 2 aromatic rings. The van der Waals surface area contributed by atoms with Crippen molar-refractivity contribution < 1.29 is 0 Å². The molecule has 0 bridgehead atoms. The van der Waals surface area contributed by atoms with Gasteiger partial charge in [-0.05, 0) is 92.0 Å². The molecule has 3 rings (SSSR count). The molecule has 224 valence electrons. The largest absolute Gasteiger partial charge is 0.359 e. The van der Waals surface area contributed by atoms with E-state index in [1.807, 2.05) is 33.9 Å². The molecule has 0 unspecified atom stereocenters. The normalized spacial score (nSPS) is 12.4. The predicted octanol–water partition coefficient (Wildman–Crippen LogP) is 12.2. The van der Waals surface area contributed by atoms with Crippen LogP contribution in [-0.4, -0.2) is 5.71 Å². The first-order valence-corrected chi connectivity index (χ1v) is 15.9. The van der Waals surface area contributed by atoms with E-state index in [2.05, 4.69) is 111 Å². The topological polar surface area (TPSA) is 36.4 Å². The van der Waals surface area contributed by atoms with Crippen LogP contribution in [0.1, 0.15) is 117 Å². The molecular weight excluding hydrogens is 498 g/mol. The lowest BCUT2D eigenvalue weighted by Crippen LogP contribution is -2.11. The van der Waals surface area contributed by atoms with Crippen molar-refractivity contribution in [2.45, 2.75) is 107 Å². The highest BCUT2D eigenvalue weighted by atomic mass is 14.9. The zero-order valence-corrected chi connectivity index (χ0v) is 27.4. The SMILES string of the molecule is C=C(Nc1ccc(/C(C)=C/c2cc(NC(=C)C(CCCC)CCCC)ccc2C)cc1)C1=NC=CCC1.CC.CC. The number of hydrogen-bond donors (Lipinski definition) is 2. The van der Waals surface area contributed by atoms with Gasteiger partial charge in [-0.3, -0.25) is 4.99 Å². The van der Waals surface area contributed by atoms with Crippen LogP contribution in [0.5, 0.6) is 0 Å². The molecule has 1 heterocycles. The van der Waals surface area contributed by atoms with E-state index in [0.29, 0.717) is 5.92 Å². The van der Waals surface area contributed by atoms with Crippen LogP contribution in [0.3, 0.4) is 0 Å². The molecule has 3 nitrogen and oxygen atoms in total. The van der Waals surface area contributed by atoms with Crippen LogP contribution in [-0.2, 0) is 0 Å². The molecule has 0 atom stereocenters. The van der Waals surface area contributed by atoms with E-state index in [0.717, 1.165) is 41.3 Å². The summed E-state index contributed by atoms with van der Waals surface area (Å²) in [5.41, 5.74) is 10.1. The average molecular weight is 556 g/mol. The fraction of sp³-hybridized carbons (Fsp3) is 0.447. The third kappa shape index (κ3) is 12.4. The van der Waals surface area contributed by atoms with Gasteiger partial charge >= 0.3 is 0 Å². The monoisotopic (exact) mass is 555 g/mol. The molecule has 41 heavy (non-hydrogen) atoms. The van der Waals surface area contributed by atoms with Gasteiger partial charge in [0, 0.05) is 23.3 Å². The molecule has 0 spiro atoms. The summed E-state index contributed by atoms with van der Waals surface area (Å²) in [7, 11) is 0. The number of rotatable bonds is 14. The van der Waals surface area contributed by atoms with Gasteiger partial charge in [0.15, 0.2) is 0 Å². The lowest BCUT2D eigenvalue weighted by molar-refractivity contribution is 0.478. The standard InChI is InChI=1S/C34H45N3.2C2H6/c1-7-9-13-30(14-10-8-2)27(5)36-33-19-16-25(3)31(24-33)23-26(4)29-17-20-32(21-18-29)37-28(6)34-15-11-12-22-35-34;2*1-2/h12,16-24,30,36-37H,5-11,13-15H2,1-4H3;2*1-2H3/b26-23+;;. The van der Waals surface area contributed by atoms with Crippen LogP contribution in [0.4, 0.5) is 11.4 Å². The van der Waals surface area contributed by atoms with Gasteiger partial charge in [0.2, 0.25) is 0 Å². The van der Waals surface area contributed by atoms with Crippen LogP contribution in [0, 0.1) is 12.8 Å². The quantitative estimate of drug-likeness (QED) is 0.227. The molecule has 2 aromatic carbocycles. The van der Waals surface area contributed by atoms with E-state index in [-0.39, 0.29) is 0 Å². The summed E-state index contributed by atoms with van der Waals surface area (Å²) in [6.07, 6.45) is 15.6. The summed E-state index contributed by atoms with van der Waals surface area (Å²) in [6, 6.07) is 15.2. The minimum Gasteiger partial charge on any atom is -0.359 e. The smallest absolute Gasteiger partial charge is 0.0634 e. The van der Waals surface area contributed by atoms with E-state index in [4.69, 9.17) is 0 Å². The Kier molecular flexibility index (Phi) is 17.9. The molecule has 0 saturated carbocycles. The minimum absolute atomic E-state index is 0.534. The molecule has 1 aliphatic heterocycles. The van der Waals surface area contributed by atoms with Crippen LogP contribution in [0.25, 0.3) is 11.6 Å². The third-order valence-electron chi connectivity index (χ3n) is 7.13. The molecule has 2 N–H and O–H groups in total. The Morgan fingerprint density at radius 2 is 1.51 bits per heavy atom. The Morgan fingerprint density at radius 3 is 2.07 bits per heavy atom. The highest BCUT2D eigenvalue weighted by Crippen LogP contribution is 2.28. The van der Waals surface area contributed by atoms with Gasteiger partial charge in [-0.1, -0.05) is 111 Å². The molecule has 1 aliphatic rings. The Morgan fingerprint density at radius 1 is 0.902 bits per heavy atom. The van der Waals surface area contributed by atoms with E-state index in [9.17, 15) is 0 Å². The first-order chi connectivity index (χ1) is 19.9. The maximum absolute atomic E-state index is 4.44. The summed E-state index contributed by atoms with van der Waals surface area (Å²) >= 11 is 0. The first kappa shape index (κ1) is 35.7. The zero-order chi connectivity index (χ0) is 30.6. The van der Waals surface area contributed by atoms with Crippen molar-refractivity contribution in [1.29, 1.82) is 0 Å². The molecule has 0 saturated heterocycles. The number of benzene rings is 2. The second-order valence-corrected chi connectivity index (χ2v) is 10.2. The van der Waals surface area contributed by atoms with E-state index >= 15 is 0 Å². The van der Waals surface area contributed by atoms with Crippen LogP contribution in [0.15, 0.2) is 84.3 Å². The maximum atomic E-state index is 4.44. The molecule has 0 aliphatic carbocycles. The zero-order valence-electron chi connectivity index (χ0n) is 27.4. The van der Waals surface area contributed by atoms with Crippen molar-refractivity contribution in [3.8, 4) is 0 Å². The van der Waals surface area contributed by atoms with Gasteiger partial charge < -0.3 is 10.6 Å². The Balaban J connectivity index is 0.00000201. The summed E-state index contributed by atoms with van der Waals surface area (Å²) < 4.78 is 0. The van der Waals surface area contributed by atoms with Gasteiger partial charge in [-0.2, -0.15) is 0 Å². The van der Waals surface area contributed by atoms with Crippen molar-refractivity contribution in [2.24, 2.45) is 10.9 Å². The van der Waals surface area contributed by atoms with Crippen LogP contribution >= 0.6 is 0 Å². The summed E-state index contributed by atoms with van der Waals surface area (Å²) in [5, 5.41) is 7.04. The van der Waals surface area contributed by atoms with Gasteiger partial charge in [0.1, 0.15) is 0 Å². The second kappa shape index (κ2) is 20.5. The van der Waals surface area contributed by atoms with Crippen LogP contribution in [0.2, 0.25) is 0 Å². The molecule has 0 fully saturated rings. The third-order valence-corrected chi connectivity index (χ3v) is 7.13. The Bertz CT molecular complexity index is 1140. The lowest BCUT2D eigenvalue weighted by Gasteiger charge is -2.21. The number of unbranched alkanes of at least 4 members (excludes halogenated alkanes) is 2. The van der Waals surface area contributed by atoms with Crippen molar-refractivity contribution in [3.63, 3.8) is 0 Å². The Hall–Kier alpha value is -3.33. The molecule has 0 amide bonds. The molecule has 0 aromatic heterocycles. The van der Waals surface area contributed by atoms with Crippen molar-refractivity contribution in [2.75, 3.05) is 10.6 Å². The van der Waals surface area contributed by atoms with Crippen molar-refractivity contribution >= 4 is 28.7 Å². The van der Waals surface area contributed by atoms with E-state index < -0.39 is 0 Å². The van der Waals surface area contributed by atoms with Crippen molar-refractivity contribution in [1.82, 2.24) is 0 Å². The Labute approximate surface area is 252 Å². The van der Waals surface area contributed by atoms with Crippen molar-refractivity contribution in [3.05, 3.63) is 96.0 Å². The predicted molar refractivity (Wildman–Crippen MR) is 188 cm³/mol. The van der Waals surface area contributed by atoms with E-state index in [1.165, 1.54) is 60.8 Å². The summed E-state index contributed by atoms with van der Waals surface area (Å²) in [4.78, 5) is 4.44.